The van der Waals surface area contributed by atoms with E-state index in [1.807, 2.05) is 6.92 Å². The molecule has 0 spiro atoms. The first-order valence-corrected chi connectivity index (χ1v) is 3.79. The molecule has 0 radical (unpaired) electrons. The molecule has 0 aromatic heterocycles. The molecule has 0 rings (SSSR count). The fourth-order valence-corrected chi connectivity index (χ4v) is 0.826. The van der Waals surface area contributed by atoms with E-state index >= 15 is 0 Å². The number of methoxy groups -OCH3 is 1. The summed E-state index contributed by atoms with van der Waals surface area (Å²) in [6.45, 7) is 6.14. The Morgan fingerprint density at radius 2 is 2.18 bits per heavy atom. The van der Waals surface area contributed by atoms with Crippen molar-refractivity contribution >= 4 is 11.6 Å². The van der Waals surface area contributed by atoms with E-state index in [0.29, 0.717) is 17.3 Å². The van der Waals surface area contributed by atoms with Gasteiger partial charge in [0.2, 0.25) is 0 Å². The number of rotatable bonds is 4. The number of halogens is 1. The first-order chi connectivity index (χ1) is 5.13. The Bertz CT molecular complexity index is 175. The number of hydrogen-bond acceptors (Lipinski definition) is 2. The number of nitrogens with two attached hydrogens (primary N) is 1. The Hall–Kier alpha value is -0.470. The summed E-state index contributed by atoms with van der Waals surface area (Å²) in [6, 6.07) is 0. The van der Waals surface area contributed by atoms with Gasteiger partial charge in [0, 0.05) is 0 Å². The van der Waals surface area contributed by atoms with E-state index in [-0.39, 0.29) is 0 Å². The largest absolute Gasteiger partial charge is 0.496 e. The Kier molecular flexibility index (Phi) is 4.99. The van der Waals surface area contributed by atoms with Gasteiger partial charge in [-0.1, -0.05) is 18.2 Å². The summed E-state index contributed by atoms with van der Waals surface area (Å²) >= 11 is 5.86. The summed E-state index contributed by atoms with van der Waals surface area (Å²) in [7, 11) is 1.54. The van der Waals surface area contributed by atoms with Crippen LogP contribution in [0.15, 0.2) is 22.9 Å². The molecule has 0 heterocycles. The van der Waals surface area contributed by atoms with Crippen molar-refractivity contribution in [2.75, 3.05) is 13.7 Å². The molecule has 0 aliphatic carbocycles. The lowest BCUT2D eigenvalue weighted by molar-refractivity contribution is 0.306. The average Bonchev–Trinajstić information content (AvgIpc) is 2.02. The van der Waals surface area contributed by atoms with Gasteiger partial charge < -0.3 is 10.5 Å². The van der Waals surface area contributed by atoms with Crippen LogP contribution in [0.2, 0.25) is 0 Å². The number of hydrogen-bond donors (Lipinski definition) is 1. The highest BCUT2D eigenvalue weighted by molar-refractivity contribution is 6.32. The molecule has 0 amide bonds. The van der Waals surface area contributed by atoms with E-state index in [9.17, 15) is 0 Å². The van der Waals surface area contributed by atoms with Crippen molar-refractivity contribution in [3.05, 3.63) is 22.9 Å². The van der Waals surface area contributed by atoms with E-state index in [1.165, 1.54) is 0 Å². The molecular formula is C8H14ClNO. The standard InChI is InChI=1S/C8H14ClNO/c1-6(4-5-10)8(9)7(2)11-3/h2,4-5,10H2,1,3H3/b8-6-. The fourth-order valence-electron chi connectivity index (χ4n) is 0.654. The molecular weight excluding hydrogens is 162 g/mol. The van der Waals surface area contributed by atoms with Gasteiger partial charge in [0.25, 0.3) is 0 Å². The van der Waals surface area contributed by atoms with Gasteiger partial charge in [0.05, 0.1) is 12.1 Å². The summed E-state index contributed by atoms with van der Waals surface area (Å²) in [5.74, 6) is 0.498. The van der Waals surface area contributed by atoms with E-state index < -0.39 is 0 Å². The normalized spacial score (nSPS) is 12.4. The maximum atomic E-state index is 5.86. The van der Waals surface area contributed by atoms with E-state index in [4.69, 9.17) is 22.1 Å². The second-order valence-electron chi connectivity index (χ2n) is 2.26. The number of ether oxygens (including phenoxy) is 1. The molecule has 11 heavy (non-hydrogen) atoms. The van der Waals surface area contributed by atoms with Crippen LogP contribution in [-0.2, 0) is 4.74 Å². The average molecular weight is 176 g/mol. The highest BCUT2D eigenvalue weighted by Gasteiger charge is 2.02. The predicted molar refractivity (Wildman–Crippen MR) is 48.4 cm³/mol. The van der Waals surface area contributed by atoms with Gasteiger partial charge in [-0.05, 0) is 25.5 Å². The molecule has 3 heteroatoms. The minimum Gasteiger partial charge on any atom is -0.496 e. The second-order valence-corrected chi connectivity index (χ2v) is 2.64. The van der Waals surface area contributed by atoms with Crippen molar-refractivity contribution in [2.45, 2.75) is 13.3 Å². The minimum atomic E-state index is 0.498. The van der Waals surface area contributed by atoms with E-state index in [1.54, 1.807) is 7.11 Å². The smallest absolute Gasteiger partial charge is 0.130 e. The molecule has 0 aromatic carbocycles. The molecule has 0 aromatic rings. The van der Waals surface area contributed by atoms with Gasteiger partial charge >= 0.3 is 0 Å². The van der Waals surface area contributed by atoms with Gasteiger partial charge in [-0.25, -0.2) is 0 Å². The van der Waals surface area contributed by atoms with Gasteiger partial charge in [-0.3, -0.25) is 0 Å². The monoisotopic (exact) mass is 175 g/mol. The Morgan fingerprint density at radius 3 is 2.55 bits per heavy atom. The quantitative estimate of drug-likeness (QED) is 0.524. The van der Waals surface area contributed by atoms with Crippen molar-refractivity contribution < 1.29 is 4.74 Å². The zero-order valence-electron chi connectivity index (χ0n) is 6.98. The van der Waals surface area contributed by atoms with Crippen molar-refractivity contribution in [3.8, 4) is 0 Å². The van der Waals surface area contributed by atoms with Crippen LogP contribution < -0.4 is 5.73 Å². The van der Waals surface area contributed by atoms with Crippen LogP contribution in [-0.4, -0.2) is 13.7 Å². The topological polar surface area (TPSA) is 35.2 Å². The Balaban J connectivity index is 4.26. The summed E-state index contributed by atoms with van der Waals surface area (Å²) in [5.41, 5.74) is 6.36. The van der Waals surface area contributed by atoms with Crippen molar-refractivity contribution in [1.82, 2.24) is 0 Å². The van der Waals surface area contributed by atoms with Crippen LogP contribution >= 0.6 is 11.6 Å². The summed E-state index contributed by atoms with van der Waals surface area (Å²) in [5, 5.41) is 0.581. The first-order valence-electron chi connectivity index (χ1n) is 3.42. The van der Waals surface area contributed by atoms with E-state index in [0.717, 1.165) is 12.0 Å². The molecule has 0 saturated heterocycles. The van der Waals surface area contributed by atoms with Gasteiger partial charge in [0.1, 0.15) is 5.76 Å². The minimum absolute atomic E-state index is 0.498. The second kappa shape index (κ2) is 5.22. The Morgan fingerprint density at radius 1 is 1.64 bits per heavy atom. The summed E-state index contributed by atoms with van der Waals surface area (Å²) in [4.78, 5) is 0. The van der Waals surface area contributed by atoms with Crippen LogP contribution in [0.1, 0.15) is 13.3 Å². The summed E-state index contributed by atoms with van der Waals surface area (Å²) < 4.78 is 4.85. The molecule has 64 valence electrons. The highest BCUT2D eigenvalue weighted by atomic mass is 35.5. The third kappa shape index (κ3) is 3.44. The molecule has 0 fully saturated rings. The fraction of sp³-hybridized carbons (Fsp3) is 0.500. The lowest BCUT2D eigenvalue weighted by Gasteiger charge is -2.05. The van der Waals surface area contributed by atoms with Crippen molar-refractivity contribution in [2.24, 2.45) is 5.73 Å². The molecule has 2 nitrogen and oxygen atoms in total. The molecule has 2 N–H and O–H groups in total. The summed E-state index contributed by atoms with van der Waals surface area (Å²) in [6.07, 6.45) is 0.779. The third-order valence-electron chi connectivity index (χ3n) is 1.39. The van der Waals surface area contributed by atoms with Gasteiger partial charge in [0.15, 0.2) is 0 Å². The lowest BCUT2D eigenvalue weighted by Crippen LogP contribution is -2.00. The van der Waals surface area contributed by atoms with Gasteiger partial charge in [-0.15, -0.1) is 0 Å². The third-order valence-corrected chi connectivity index (χ3v) is 1.92. The van der Waals surface area contributed by atoms with Crippen molar-refractivity contribution in [3.63, 3.8) is 0 Å². The van der Waals surface area contributed by atoms with E-state index in [2.05, 4.69) is 6.58 Å². The molecule has 0 aliphatic heterocycles. The van der Waals surface area contributed by atoms with Crippen LogP contribution in [0.3, 0.4) is 0 Å². The maximum Gasteiger partial charge on any atom is 0.130 e. The van der Waals surface area contributed by atoms with Crippen LogP contribution in [0.4, 0.5) is 0 Å². The highest BCUT2D eigenvalue weighted by Crippen LogP contribution is 2.19. The van der Waals surface area contributed by atoms with Gasteiger partial charge in [-0.2, -0.15) is 0 Å². The van der Waals surface area contributed by atoms with Crippen molar-refractivity contribution in [1.29, 1.82) is 0 Å². The first kappa shape index (κ1) is 10.5. The number of allylic oxidation sites excluding steroid dienone is 1. The van der Waals surface area contributed by atoms with Crippen LogP contribution in [0, 0.1) is 0 Å². The SMILES string of the molecule is C=C(OC)/C(Cl)=C(\C)CCN. The lowest BCUT2D eigenvalue weighted by atomic mass is 10.2. The Labute approximate surface area is 72.7 Å². The molecule has 0 unspecified atom stereocenters. The zero-order valence-corrected chi connectivity index (χ0v) is 7.74. The molecule has 0 aliphatic rings. The van der Waals surface area contributed by atoms with Crippen LogP contribution in [0.25, 0.3) is 0 Å². The maximum absolute atomic E-state index is 5.86. The zero-order chi connectivity index (χ0) is 8.85. The molecule has 0 bridgehead atoms. The van der Waals surface area contributed by atoms with Crippen LogP contribution in [0.5, 0.6) is 0 Å². The predicted octanol–water partition coefficient (Wildman–Crippen LogP) is 2.01. The molecule has 0 saturated carbocycles. The molecule has 0 atom stereocenters.